The van der Waals surface area contributed by atoms with Crippen LogP contribution in [-0.2, 0) is 5.41 Å². The molecule has 3 fully saturated rings. The van der Waals surface area contributed by atoms with E-state index >= 15 is 0 Å². The highest BCUT2D eigenvalue weighted by Crippen LogP contribution is 2.60. The zero-order valence-corrected chi connectivity index (χ0v) is 31.7. The first-order chi connectivity index (χ1) is 27.4. The molecule has 0 radical (unpaired) electrons. The molecule has 10 rings (SSSR count). The van der Waals surface area contributed by atoms with Gasteiger partial charge in [0.15, 0.2) is 17.5 Å². The molecule has 7 aromatic rings. The van der Waals surface area contributed by atoms with Crippen molar-refractivity contribution in [2.45, 2.75) is 44.9 Å². The molecule has 2 bridgehead atoms. The summed E-state index contributed by atoms with van der Waals surface area (Å²) in [6, 6.07) is 54.1. The molecular formula is C51H41N5. The molecule has 0 saturated heterocycles. The summed E-state index contributed by atoms with van der Waals surface area (Å²) in [6.07, 6.45) is 5.34. The van der Waals surface area contributed by atoms with Crippen LogP contribution in [0.4, 0.5) is 0 Å². The molecule has 2 unspecified atom stereocenters. The molecule has 56 heavy (non-hydrogen) atoms. The number of hydrogen-bond acceptors (Lipinski definition) is 5. The number of hydrogen-bond donors (Lipinski definition) is 0. The molecular weight excluding hydrogens is 683 g/mol. The lowest BCUT2D eigenvalue weighted by Crippen LogP contribution is -2.49. The van der Waals surface area contributed by atoms with Crippen molar-refractivity contribution in [3.05, 3.63) is 162 Å². The molecule has 3 aliphatic rings. The Hall–Kier alpha value is -6.69. The number of benzene rings is 6. The summed E-state index contributed by atoms with van der Waals surface area (Å²) in [5.41, 5.74) is 11.4. The van der Waals surface area contributed by atoms with Crippen LogP contribution >= 0.6 is 0 Å². The highest BCUT2D eigenvalue weighted by Gasteiger charge is 2.53. The third kappa shape index (κ3) is 6.57. The molecule has 1 heterocycles. The van der Waals surface area contributed by atoms with Gasteiger partial charge in [0.2, 0.25) is 0 Å². The predicted molar refractivity (Wildman–Crippen MR) is 224 cm³/mol. The molecule has 0 N–H and O–H groups in total. The maximum Gasteiger partial charge on any atom is 0.164 e. The average Bonchev–Trinajstić information content (AvgIpc) is 3.53. The largest absolute Gasteiger partial charge is 0.208 e. The predicted octanol–water partition coefficient (Wildman–Crippen LogP) is 12.3. The normalized spacial score (nSPS) is 19.9. The van der Waals surface area contributed by atoms with Crippen LogP contribution in [-0.4, -0.2) is 15.0 Å². The summed E-state index contributed by atoms with van der Waals surface area (Å²) in [5, 5.41) is 19.6. The second-order valence-electron chi connectivity index (χ2n) is 15.8. The second-order valence-corrected chi connectivity index (χ2v) is 15.8. The van der Waals surface area contributed by atoms with Crippen molar-refractivity contribution >= 4 is 0 Å². The Bertz CT molecular complexity index is 2550. The Morgan fingerprint density at radius 1 is 0.464 bits per heavy atom. The van der Waals surface area contributed by atoms with Gasteiger partial charge in [-0.1, -0.05) is 129 Å². The van der Waals surface area contributed by atoms with Crippen molar-refractivity contribution in [3.63, 3.8) is 0 Å². The summed E-state index contributed by atoms with van der Waals surface area (Å²) < 4.78 is 0. The fourth-order valence-electron chi connectivity index (χ4n) is 9.27. The quantitative estimate of drug-likeness (QED) is 0.163. The van der Waals surface area contributed by atoms with Crippen LogP contribution in [0.5, 0.6) is 0 Å². The lowest BCUT2D eigenvalue weighted by molar-refractivity contribution is 0.0451. The SMILES string of the molecule is C[C@H]1CCC2CC(c3ccc(-c4ccc(-c5nc(-c6cc(C#N)cc(C#N)c6)nc(-c6cc(-c7ccccc7)cc(-c7ccccc7)c6)n5)cc4)cc3)(C1)[C@@H]2C. The molecule has 0 spiro atoms. The number of nitriles is 2. The van der Waals surface area contributed by atoms with Gasteiger partial charge in [0.05, 0.1) is 23.3 Å². The van der Waals surface area contributed by atoms with Crippen molar-refractivity contribution in [1.82, 2.24) is 15.0 Å². The molecule has 3 saturated carbocycles. The van der Waals surface area contributed by atoms with Crippen LogP contribution in [0.3, 0.4) is 0 Å². The van der Waals surface area contributed by atoms with E-state index in [9.17, 15) is 10.5 Å². The second kappa shape index (κ2) is 14.5. The molecule has 6 aromatic carbocycles. The lowest BCUT2D eigenvalue weighted by Gasteiger charge is -2.54. The monoisotopic (exact) mass is 723 g/mol. The van der Waals surface area contributed by atoms with Gasteiger partial charge in [0.25, 0.3) is 0 Å². The zero-order valence-electron chi connectivity index (χ0n) is 31.7. The lowest BCUT2D eigenvalue weighted by atomic mass is 9.50. The van der Waals surface area contributed by atoms with Crippen molar-refractivity contribution < 1.29 is 0 Å². The summed E-state index contributed by atoms with van der Waals surface area (Å²) in [4.78, 5) is 15.1. The Kier molecular flexibility index (Phi) is 9.08. The van der Waals surface area contributed by atoms with Crippen molar-refractivity contribution in [1.29, 1.82) is 10.5 Å². The molecule has 0 amide bonds. The average molecular weight is 724 g/mol. The smallest absolute Gasteiger partial charge is 0.164 e. The fraction of sp³-hybridized carbons (Fsp3) is 0.196. The first-order valence-corrected chi connectivity index (χ1v) is 19.6. The van der Waals surface area contributed by atoms with Crippen LogP contribution in [0.2, 0.25) is 0 Å². The minimum atomic E-state index is 0.320. The summed E-state index contributed by atoms with van der Waals surface area (Å²) in [5.74, 6) is 3.79. The zero-order chi connectivity index (χ0) is 38.2. The minimum absolute atomic E-state index is 0.320. The maximum atomic E-state index is 9.81. The Balaban J connectivity index is 1.12. The van der Waals surface area contributed by atoms with Gasteiger partial charge in [0, 0.05) is 16.7 Å². The van der Waals surface area contributed by atoms with Crippen molar-refractivity contribution in [2.75, 3.05) is 0 Å². The van der Waals surface area contributed by atoms with Crippen LogP contribution < -0.4 is 0 Å². The molecule has 1 aromatic heterocycles. The molecule has 5 nitrogen and oxygen atoms in total. The van der Waals surface area contributed by atoms with E-state index in [1.54, 1.807) is 18.2 Å². The first kappa shape index (κ1) is 35.0. The van der Waals surface area contributed by atoms with Gasteiger partial charge in [-0.3, -0.25) is 0 Å². The van der Waals surface area contributed by atoms with Crippen molar-refractivity contribution in [3.8, 4) is 79.7 Å². The van der Waals surface area contributed by atoms with Gasteiger partial charge >= 0.3 is 0 Å². The van der Waals surface area contributed by atoms with E-state index < -0.39 is 0 Å². The van der Waals surface area contributed by atoms with Gasteiger partial charge < -0.3 is 0 Å². The number of aromatic nitrogens is 3. The minimum Gasteiger partial charge on any atom is -0.208 e. The molecule has 3 aliphatic carbocycles. The molecule has 0 aliphatic heterocycles. The van der Waals surface area contributed by atoms with E-state index in [0.29, 0.717) is 39.6 Å². The summed E-state index contributed by atoms with van der Waals surface area (Å²) >= 11 is 0. The van der Waals surface area contributed by atoms with Crippen LogP contribution in [0, 0.1) is 40.4 Å². The van der Waals surface area contributed by atoms with Crippen LogP contribution in [0.1, 0.15) is 56.2 Å². The van der Waals surface area contributed by atoms with E-state index in [2.05, 4.69) is 117 Å². The maximum absolute atomic E-state index is 9.81. The van der Waals surface area contributed by atoms with Gasteiger partial charge in [-0.05, 0) is 118 Å². The number of fused-ring (bicyclic) bond motifs is 3. The summed E-state index contributed by atoms with van der Waals surface area (Å²) in [6.45, 7) is 4.90. The highest BCUT2D eigenvalue weighted by molar-refractivity contribution is 5.80. The standard InChI is InChI=1S/C51H41N5/c1-33-13-14-42-30-51(29-33,34(42)2)47-21-19-40(20-22-47)39-15-17-41(18-16-39)48-54-49(45-24-35(31-52)23-36(25-45)32-53)56-50(55-48)46-27-43(37-9-5-3-6-10-37)26-44(28-46)38-11-7-4-8-12-38/h3-12,15-28,33-34,42H,13-14,29-30H2,1-2H3/t33-,34+,42?,51?/m0/s1. The Labute approximate surface area is 329 Å². The Morgan fingerprint density at radius 2 is 0.911 bits per heavy atom. The van der Waals surface area contributed by atoms with E-state index in [1.807, 2.05) is 36.4 Å². The van der Waals surface area contributed by atoms with Gasteiger partial charge in [-0.25, -0.2) is 15.0 Å². The molecule has 5 heteroatoms. The van der Waals surface area contributed by atoms with Crippen LogP contribution in [0.25, 0.3) is 67.5 Å². The van der Waals surface area contributed by atoms with E-state index in [4.69, 9.17) is 15.0 Å². The highest BCUT2D eigenvalue weighted by atomic mass is 15.0. The van der Waals surface area contributed by atoms with Crippen LogP contribution in [0.15, 0.2) is 146 Å². The van der Waals surface area contributed by atoms with Crippen molar-refractivity contribution in [2.24, 2.45) is 17.8 Å². The van der Waals surface area contributed by atoms with Gasteiger partial charge in [-0.15, -0.1) is 0 Å². The van der Waals surface area contributed by atoms with E-state index in [1.165, 1.54) is 36.8 Å². The molecule has 270 valence electrons. The Morgan fingerprint density at radius 3 is 1.43 bits per heavy atom. The van der Waals surface area contributed by atoms with E-state index in [0.717, 1.165) is 56.7 Å². The van der Waals surface area contributed by atoms with Gasteiger partial charge in [0.1, 0.15) is 0 Å². The fourth-order valence-corrected chi connectivity index (χ4v) is 9.27. The topological polar surface area (TPSA) is 86.2 Å². The summed E-state index contributed by atoms with van der Waals surface area (Å²) in [7, 11) is 0. The third-order valence-corrected chi connectivity index (χ3v) is 12.4. The number of rotatable bonds is 7. The number of nitrogens with zero attached hydrogens (tertiary/aromatic N) is 5. The first-order valence-electron chi connectivity index (χ1n) is 19.6. The van der Waals surface area contributed by atoms with E-state index in [-0.39, 0.29) is 0 Å². The molecule has 4 atom stereocenters. The van der Waals surface area contributed by atoms with Gasteiger partial charge in [-0.2, -0.15) is 10.5 Å². The third-order valence-electron chi connectivity index (χ3n) is 12.4.